The van der Waals surface area contributed by atoms with Gasteiger partial charge in [0.2, 0.25) is 5.91 Å². The highest BCUT2D eigenvalue weighted by atomic mass is 16.2. The van der Waals surface area contributed by atoms with E-state index >= 15 is 0 Å². The maximum absolute atomic E-state index is 11.3. The lowest BCUT2D eigenvalue weighted by atomic mass is 10.2. The lowest BCUT2D eigenvalue weighted by Crippen LogP contribution is -2.39. The molecule has 3 N–H and O–H groups in total. The van der Waals surface area contributed by atoms with Crippen LogP contribution in [0, 0.1) is 0 Å². The largest absolute Gasteiger partial charge is 0.352 e. The Morgan fingerprint density at radius 2 is 2.23 bits per heavy atom. The molecule has 0 aromatic rings. The van der Waals surface area contributed by atoms with Gasteiger partial charge in [-0.15, -0.1) is 0 Å². The van der Waals surface area contributed by atoms with Crippen molar-refractivity contribution >= 4 is 5.91 Å². The van der Waals surface area contributed by atoms with E-state index in [4.69, 9.17) is 5.73 Å². The van der Waals surface area contributed by atoms with E-state index in [0.717, 1.165) is 19.3 Å². The van der Waals surface area contributed by atoms with Crippen LogP contribution >= 0.6 is 0 Å². The fourth-order valence-corrected chi connectivity index (χ4v) is 1.71. The van der Waals surface area contributed by atoms with Gasteiger partial charge in [-0.3, -0.25) is 4.79 Å². The zero-order valence-electron chi connectivity index (χ0n) is 8.42. The average Bonchev–Trinajstić information content (AvgIpc) is 2.33. The molecular weight excluding hydrogens is 166 g/mol. The summed E-state index contributed by atoms with van der Waals surface area (Å²) in [5.74, 6) is 0.101. The summed E-state index contributed by atoms with van der Waals surface area (Å²) in [5.41, 5.74) is 5.74. The summed E-state index contributed by atoms with van der Waals surface area (Å²) in [5, 5.41) is 2.98. The van der Waals surface area contributed by atoms with Gasteiger partial charge in [-0.05, 0) is 33.4 Å². The standard InChI is InChI=1S/C9H19N3O/c1-12(2)6-9(13)11-8-4-3-7(10)5-8/h7-8H,3-6,10H2,1-2H3,(H,11,13). The van der Waals surface area contributed by atoms with Gasteiger partial charge in [0.1, 0.15) is 0 Å². The quantitative estimate of drug-likeness (QED) is 0.626. The second-order valence-corrected chi connectivity index (χ2v) is 4.08. The van der Waals surface area contributed by atoms with E-state index < -0.39 is 0 Å². The van der Waals surface area contributed by atoms with Crippen LogP contribution in [0.1, 0.15) is 19.3 Å². The van der Waals surface area contributed by atoms with Crippen LogP contribution in [0.5, 0.6) is 0 Å². The van der Waals surface area contributed by atoms with Gasteiger partial charge in [0, 0.05) is 12.1 Å². The highest BCUT2D eigenvalue weighted by Crippen LogP contribution is 2.16. The third kappa shape index (κ3) is 3.74. The predicted octanol–water partition coefficient (Wildman–Crippen LogP) is -0.456. The molecule has 0 aliphatic heterocycles. The first-order chi connectivity index (χ1) is 6.08. The Morgan fingerprint density at radius 3 is 2.69 bits per heavy atom. The minimum absolute atomic E-state index is 0.101. The second kappa shape index (κ2) is 4.58. The maximum atomic E-state index is 11.3. The number of amides is 1. The first-order valence-corrected chi connectivity index (χ1v) is 4.77. The Balaban J connectivity index is 2.21. The van der Waals surface area contributed by atoms with E-state index in [0.29, 0.717) is 12.6 Å². The van der Waals surface area contributed by atoms with Gasteiger partial charge < -0.3 is 16.0 Å². The first-order valence-electron chi connectivity index (χ1n) is 4.77. The first kappa shape index (κ1) is 10.5. The number of carbonyl (C=O) groups is 1. The highest BCUT2D eigenvalue weighted by Gasteiger charge is 2.22. The molecule has 0 bridgehead atoms. The Hall–Kier alpha value is -0.610. The molecule has 4 heteroatoms. The fourth-order valence-electron chi connectivity index (χ4n) is 1.71. The van der Waals surface area contributed by atoms with Crippen molar-refractivity contribution in [1.29, 1.82) is 0 Å². The molecule has 0 saturated heterocycles. The summed E-state index contributed by atoms with van der Waals surface area (Å²) in [6.07, 6.45) is 2.99. The number of carbonyl (C=O) groups excluding carboxylic acids is 1. The molecule has 2 atom stereocenters. The van der Waals surface area contributed by atoms with Crippen LogP contribution in [0.2, 0.25) is 0 Å². The molecule has 1 fully saturated rings. The van der Waals surface area contributed by atoms with Crippen LogP contribution in [0.25, 0.3) is 0 Å². The minimum Gasteiger partial charge on any atom is -0.352 e. The maximum Gasteiger partial charge on any atom is 0.234 e. The average molecular weight is 185 g/mol. The monoisotopic (exact) mass is 185 g/mol. The molecule has 2 unspecified atom stereocenters. The van der Waals surface area contributed by atoms with Crippen molar-refractivity contribution in [3.05, 3.63) is 0 Å². The summed E-state index contributed by atoms with van der Waals surface area (Å²) in [7, 11) is 3.78. The Bertz CT molecular complexity index is 182. The molecule has 0 aromatic heterocycles. The van der Waals surface area contributed by atoms with E-state index in [1.54, 1.807) is 0 Å². The molecule has 4 nitrogen and oxygen atoms in total. The molecule has 1 aliphatic rings. The zero-order valence-corrected chi connectivity index (χ0v) is 8.42. The van der Waals surface area contributed by atoms with Crippen LogP contribution in [0.4, 0.5) is 0 Å². The van der Waals surface area contributed by atoms with Crippen molar-refractivity contribution in [3.63, 3.8) is 0 Å². The van der Waals surface area contributed by atoms with E-state index in [9.17, 15) is 4.79 Å². The molecule has 1 saturated carbocycles. The number of likely N-dealkylation sites (N-methyl/N-ethyl adjacent to an activating group) is 1. The summed E-state index contributed by atoms with van der Waals surface area (Å²) in [4.78, 5) is 13.2. The van der Waals surface area contributed by atoms with E-state index in [1.165, 1.54) is 0 Å². The molecular formula is C9H19N3O. The van der Waals surface area contributed by atoms with Crippen LogP contribution in [0.15, 0.2) is 0 Å². The molecule has 1 amide bonds. The number of hydrogen-bond acceptors (Lipinski definition) is 3. The summed E-state index contributed by atoms with van der Waals surface area (Å²) in [6, 6.07) is 0.590. The minimum atomic E-state index is 0.101. The Labute approximate surface area is 79.5 Å². The topological polar surface area (TPSA) is 58.4 Å². The van der Waals surface area contributed by atoms with Crippen molar-refractivity contribution in [3.8, 4) is 0 Å². The molecule has 0 spiro atoms. The van der Waals surface area contributed by atoms with Crippen molar-refractivity contribution in [1.82, 2.24) is 10.2 Å². The summed E-state index contributed by atoms with van der Waals surface area (Å²) < 4.78 is 0. The van der Waals surface area contributed by atoms with Gasteiger partial charge in [0.05, 0.1) is 6.54 Å². The fraction of sp³-hybridized carbons (Fsp3) is 0.889. The third-order valence-corrected chi connectivity index (χ3v) is 2.30. The van der Waals surface area contributed by atoms with Crippen molar-refractivity contribution in [2.45, 2.75) is 31.3 Å². The third-order valence-electron chi connectivity index (χ3n) is 2.30. The van der Waals surface area contributed by atoms with Crippen molar-refractivity contribution in [2.24, 2.45) is 5.73 Å². The Kier molecular flexibility index (Phi) is 3.69. The lowest BCUT2D eigenvalue weighted by molar-refractivity contribution is -0.122. The Morgan fingerprint density at radius 1 is 1.54 bits per heavy atom. The van der Waals surface area contributed by atoms with Crippen molar-refractivity contribution in [2.75, 3.05) is 20.6 Å². The van der Waals surface area contributed by atoms with Crippen LogP contribution < -0.4 is 11.1 Å². The number of nitrogens with two attached hydrogens (primary N) is 1. The molecule has 1 aliphatic carbocycles. The summed E-state index contributed by atoms with van der Waals surface area (Å²) >= 11 is 0. The van der Waals surface area contributed by atoms with E-state index in [-0.39, 0.29) is 11.9 Å². The molecule has 0 aromatic carbocycles. The lowest BCUT2D eigenvalue weighted by Gasteiger charge is -2.14. The molecule has 1 rings (SSSR count). The van der Waals surface area contributed by atoms with Crippen molar-refractivity contribution < 1.29 is 4.79 Å². The molecule has 0 radical (unpaired) electrons. The van der Waals surface area contributed by atoms with Gasteiger partial charge in [0.25, 0.3) is 0 Å². The van der Waals surface area contributed by atoms with Gasteiger partial charge >= 0.3 is 0 Å². The second-order valence-electron chi connectivity index (χ2n) is 4.08. The number of hydrogen-bond donors (Lipinski definition) is 2. The van der Waals surface area contributed by atoms with Gasteiger partial charge in [-0.2, -0.15) is 0 Å². The predicted molar refractivity (Wildman–Crippen MR) is 52.3 cm³/mol. The zero-order chi connectivity index (χ0) is 9.84. The van der Waals surface area contributed by atoms with Gasteiger partial charge in [-0.1, -0.05) is 0 Å². The van der Waals surface area contributed by atoms with Crippen LogP contribution in [0.3, 0.4) is 0 Å². The van der Waals surface area contributed by atoms with Gasteiger partial charge in [-0.25, -0.2) is 0 Å². The number of nitrogens with one attached hydrogen (secondary N) is 1. The SMILES string of the molecule is CN(C)CC(=O)NC1CCC(N)C1. The van der Waals surface area contributed by atoms with E-state index in [2.05, 4.69) is 5.32 Å². The molecule has 13 heavy (non-hydrogen) atoms. The number of nitrogens with zero attached hydrogens (tertiary/aromatic N) is 1. The molecule has 0 heterocycles. The van der Waals surface area contributed by atoms with E-state index in [1.807, 2.05) is 19.0 Å². The summed E-state index contributed by atoms with van der Waals surface area (Å²) in [6.45, 7) is 0.464. The smallest absolute Gasteiger partial charge is 0.234 e. The van der Waals surface area contributed by atoms with Crippen LogP contribution in [-0.4, -0.2) is 43.5 Å². The normalized spacial score (nSPS) is 28.0. The molecule has 76 valence electrons. The van der Waals surface area contributed by atoms with Gasteiger partial charge in [0.15, 0.2) is 0 Å². The highest BCUT2D eigenvalue weighted by molar-refractivity contribution is 5.78. The number of rotatable bonds is 3. The van der Waals surface area contributed by atoms with Crippen LogP contribution in [-0.2, 0) is 4.79 Å².